The van der Waals surface area contributed by atoms with E-state index in [-0.39, 0.29) is 12.1 Å². The molecule has 1 aliphatic heterocycles. The maximum absolute atomic E-state index is 11.4. The molecule has 1 unspecified atom stereocenters. The van der Waals surface area contributed by atoms with Crippen molar-refractivity contribution in [1.29, 1.82) is 0 Å². The Balaban J connectivity index is 2.22. The fraction of sp³-hybridized carbons (Fsp3) is 0.909. The molecule has 0 radical (unpaired) electrons. The zero-order valence-electron chi connectivity index (χ0n) is 9.34. The minimum Gasteiger partial charge on any atom is -0.463 e. The second-order valence-electron chi connectivity index (χ2n) is 4.84. The fourth-order valence-corrected chi connectivity index (χ4v) is 1.32. The van der Waals surface area contributed by atoms with Gasteiger partial charge in [0.15, 0.2) is 0 Å². The van der Waals surface area contributed by atoms with E-state index in [1.807, 2.05) is 20.8 Å². The molecular weight excluding hydrogens is 180 g/mol. The predicted octanol–water partition coefficient (Wildman–Crippen LogP) is 2.14. The van der Waals surface area contributed by atoms with Crippen molar-refractivity contribution in [2.75, 3.05) is 13.2 Å². The van der Waals surface area contributed by atoms with Gasteiger partial charge in [0.1, 0.15) is 6.61 Å². The second-order valence-corrected chi connectivity index (χ2v) is 4.84. The van der Waals surface area contributed by atoms with Gasteiger partial charge in [0.25, 0.3) is 0 Å². The van der Waals surface area contributed by atoms with E-state index >= 15 is 0 Å². The molecule has 0 aromatic rings. The molecule has 0 amide bonds. The maximum Gasteiger partial charge on any atom is 0.311 e. The van der Waals surface area contributed by atoms with Crippen molar-refractivity contribution in [2.24, 2.45) is 5.41 Å². The summed E-state index contributed by atoms with van der Waals surface area (Å²) in [6.45, 7) is 6.79. The molecule has 3 heteroatoms. The third-order valence-corrected chi connectivity index (χ3v) is 2.29. The predicted molar refractivity (Wildman–Crippen MR) is 54.0 cm³/mol. The molecule has 1 atom stereocenters. The molecule has 1 fully saturated rings. The minimum atomic E-state index is -0.408. The van der Waals surface area contributed by atoms with E-state index < -0.39 is 5.41 Å². The lowest BCUT2D eigenvalue weighted by atomic mass is 9.97. The van der Waals surface area contributed by atoms with Crippen LogP contribution in [0.1, 0.15) is 40.0 Å². The smallest absolute Gasteiger partial charge is 0.311 e. The van der Waals surface area contributed by atoms with E-state index in [0.717, 1.165) is 19.4 Å². The Labute approximate surface area is 85.8 Å². The third-order valence-electron chi connectivity index (χ3n) is 2.29. The number of rotatable bonds is 2. The van der Waals surface area contributed by atoms with Crippen LogP contribution < -0.4 is 0 Å². The molecule has 0 N–H and O–H groups in total. The van der Waals surface area contributed by atoms with Gasteiger partial charge < -0.3 is 9.47 Å². The molecule has 0 aromatic heterocycles. The standard InChI is InChI=1S/C11H20O3/c1-11(2,3)10(12)14-8-9-6-4-5-7-13-9/h9H,4-8H2,1-3H3. The van der Waals surface area contributed by atoms with E-state index in [2.05, 4.69) is 0 Å². The highest BCUT2D eigenvalue weighted by Gasteiger charge is 2.24. The summed E-state index contributed by atoms with van der Waals surface area (Å²) in [7, 11) is 0. The number of hydrogen-bond donors (Lipinski definition) is 0. The fourth-order valence-electron chi connectivity index (χ4n) is 1.32. The van der Waals surface area contributed by atoms with Gasteiger partial charge in [-0.1, -0.05) is 0 Å². The van der Waals surface area contributed by atoms with Gasteiger partial charge in [-0.25, -0.2) is 0 Å². The first-order valence-electron chi connectivity index (χ1n) is 5.29. The zero-order valence-corrected chi connectivity index (χ0v) is 9.34. The van der Waals surface area contributed by atoms with Crippen LogP contribution in [0.5, 0.6) is 0 Å². The van der Waals surface area contributed by atoms with E-state index in [4.69, 9.17) is 9.47 Å². The topological polar surface area (TPSA) is 35.5 Å². The maximum atomic E-state index is 11.4. The normalized spacial score (nSPS) is 23.2. The summed E-state index contributed by atoms with van der Waals surface area (Å²) >= 11 is 0. The van der Waals surface area contributed by atoms with Crippen LogP contribution in [-0.4, -0.2) is 25.3 Å². The summed E-state index contributed by atoms with van der Waals surface area (Å²) in [6, 6.07) is 0. The van der Waals surface area contributed by atoms with Crippen LogP contribution in [0.4, 0.5) is 0 Å². The summed E-state index contributed by atoms with van der Waals surface area (Å²) in [6.07, 6.45) is 3.44. The lowest BCUT2D eigenvalue weighted by molar-refractivity contribution is -0.158. The van der Waals surface area contributed by atoms with E-state index in [9.17, 15) is 4.79 Å². The van der Waals surface area contributed by atoms with E-state index in [1.165, 1.54) is 6.42 Å². The molecule has 1 saturated heterocycles. The van der Waals surface area contributed by atoms with E-state index in [1.54, 1.807) is 0 Å². The van der Waals surface area contributed by atoms with Crippen molar-refractivity contribution >= 4 is 5.97 Å². The Kier molecular flexibility index (Phi) is 3.93. The number of hydrogen-bond acceptors (Lipinski definition) is 3. The number of esters is 1. The zero-order chi connectivity index (χ0) is 10.6. The largest absolute Gasteiger partial charge is 0.463 e. The first-order chi connectivity index (χ1) is 6.50. The Morgan fingerprint density at radius 2 is 2.14 bits per heavy atom. The van der Waals surface area contributed by atoms with Crippen LogP contribution in [0.2, 0.25) is 0 Å². The molecule has 0 saturated carbocycles. The highest BCUT2D eigenvalue weighted by atomic mass is 16.6. The average molecular weight is 200 g/mol. The van der Waals surface area contributed by atoms with Crippen LogP contribution in [0.15, 0.2) is 0 Å². The molecule has 1 heterocycles. The Morgan fingerprint density at radius 1 is 1.43 bits per heavy atom. The Bertz CT molecular complexity index is 187. The molecule has 1 rings (SSSR count). The van der Waals surface area contributed by atoms with Crippen molar-refractivity contribution in [3.63, 3.8) is 0 Å². The lowest BCUT2D eigenvalue weighted by Gasteiger charge is -2.24. The molecule has 14 heavy (non-hydrogen) atoms. The summed E-state index contributed by atoms with van der Waals surface area (Å²) in [5.74, 6) is -0.147. The molecular formula is C11H20O3. The summed E-state index contributed by atoms with van der Waals surface area (Å²) in [5, 5.41) is 0. The molecule has 0 spiro atoms. The third kappa shape index (κ3) is 3.66. The van der Waals surface area contributed by atoms with Crippen LogP contribution in [-0.2, 0) is 14.3 Å². The minimum absolute atomic E-state index is 0.120. The first kappa shape index (κ1) is 11.5. The SMILES string of the molecule is CC(C)(C)C(=O)OCC1CCCCO1. The van der Waals surface area contributed by atoms with Crippen molar-refractivity contribution in [3.05, 3.63) is 0 Å². The molecule has 0 bridgehead atoms. The highest BCUT2D eigenvalue weighted by Crippen LogP contribution is 2.17. The average Bonchev–Trinajstić information content (AvgIpc) is 2.14. The molecule has 82 valence electrons. The van der Waals surface area contributed by atoms with Gasteiger partial charge in [0.05, 0.1) is 11.5 Å². The van der Waals surface area contributed by atoms with Crippen LogP contribution in [0.25, 0.3) is 0 Å². The summed E-state index contributed by atoms with van der Waals surface area (Å²) in [4.78, 5) is 11.4. The van der Waals surface area contributed by atoms with Gasteiger partial charge in [0, 0.05) is 6.61 Å². The summed E-state index contributed by atoms with van der Waals surface area (Å²) in [5.41, 5.74) is -0.408. The van der Waals surface area contributed by atoms with E-state index in [0.29, 0.717) is 6.61 Å². The molecule has 0 aliphatic carbocycles. The van der Waals surface area contributed by atoms with Gasteiger partial charge in [0.2, 0.25) is 0 Å². The molecule has 0 aromatic carbocycles. The van der Waals surface area contributed by atoms with Crippen LogP contribution in [0.3, 0.4) is 0 Å². The van der Waals surface area contributed by atoms with Gasteiger partial charge in [-0.2, -0.15) is 0 Å². The number of ether oxygens (including phenoxy) is 2. The lowest BCUT2D eigenvalue weighted by Crippen LogP contribution is -2.30. The quantitative estimate of drug-likeness (QED) is 0.641. The summed E-state index contributed by atoms with van der Waals surface area (Å²) < 4.78 is 10.6. The van der Waals surface area contributed by atoms with Gasteiger partial charge in [-0.05, 0) is 40.0 Å². The highest BCUT2D eigenvalue weighted by molar-refractivity contribution is 5.75. The Hall–Kier alpha value is -0.570. The van der Waals surface area contributed by atoms with Gasteiger partial charge >= 0.3 is 5.97 Å². The van der Waals surface area contributed by atoms with Gasteiger partial charge in [-0.3, -0.25) is 4.79 Å². The number of carbonyl (C=O) groups is 1. The Morgan fingerprint density at radius 3 is 2.64 bits per heavy atom. The van der Waals surface area contributed by atoms with Crippen molar-refractivity contribution < 1.29 is 14.3 Å². The van der Waals surface area contributed by atoms with Crippen LogP contribution >= 0.6 is 0 Å². The van der Waals surface area contributed by atoms with Crippen LogP contribution in [0, 0.1) is 5.41 Å². The monoisotopic (exact) mass is 200 g/mol. The first-order valence-corrected chi connectivity index (χ1v) is 5.29. The number of carbonyl (C=O) groups excluding carboxylic acids is 1. The van der Waals surface area contributed by atoms with Gasteiger partial charge in [-0.15, -0.1) is 0 Å². The van der Waals surface area contributed by atoms with Crippen molar-refractivity contribution in [1.82, 2.24) is 0 Å². The molecule has 3 nitrogen and oxygen atoms in total. The molecule has 1 aliphatic rings. The van der Waals surface area contributed by atoms with Crippen molar-refractivity contribution in [3.8, 4) is 0 Å². The van der Waals surface area contributed by atoms with Crippen molar-refractivity contribution in [2.45, 2.75) is 46.1 Å². The second kappa shape index (κ2) is 4.78.